The van der Waals surface area contributed by atoms with E-state index in [1.54, 1.807) is 0 Å². The molecule has 5 nitrogen and oxygen atoms in total. The molecule has 5 rings (SSSR count). The standard InChI is InChI=1S/C25H30N2O3/c1-24(2)11-16-12-25(3,14-24)15-27(16)21(28)13-30-23(29)22-17-7-4-5-9-19(17)26-20-10-6-8-18(20)22/h4-5,7,9,16H,6,8,10-15H2,1-3H3. The highest BCUT2D eigenvalue weighted by atomic mass is 16.5. The maximum Gasteiger partial charge on any atom is 0.339 e. The summed E-state index contributed by atoms with van der Waals surface area (Å²) in [4.78, 5) is 32.8. The highest BCUT2D eigenvalue weighted by molar-refractivity contribution is 6.05. The molecule has 2 bridgehead atoms. The van der Waals surface area contributed by atoms with E-state index >= 15 is 0 Å². The molecule has 1 aromatic heterocycles. The molecule has 2 aliphatic carbocycles. The smallest absolute Gasteiger partial charge is 0.339 e. The molecule has 0 spiro atoms. The van der Waals surface area contributed by atoms with Gasteiger partial charge in [-0.15, -0.1) is 0 Å². The molecule has 2 aromatic rings. The quantitative estimate of drug-likeness (QED) is 0.713. The van der Waals surface area contributed by atoms with E-state index in [0.29, 0.717) is 5.56 Å². The number of ether oxygens (including phenoxy) is 1. The molecular weight excluding hydrogens is 376 g/mol. The number of carbonyl (C=O) groups excluding carboxylic acids is 2. The molecular formula is C25H30N2O3. The number of benzene rings is 1. The van der Waals surface area contributed by atoms with Gasteiger partial charge < -0.3 is 9.64 Å². The van der Waals surface area contributed by atoms with E-state index in [1.165, 1.54) is 0 Å². The Hall–Kier alpha value is -2.43. The third kappa shape index (κ3) is 3.28. The Kier molecular flexibility index (Phi) is 4.42. The molecule has 2 heterocycles. The second kappa shape index (κ2) is 6.79. The third-order valence-corrected chi connectivity index (χ3v) is 7.19. The van der Waals surface area contributed by atoms with Crippen LogP contribution in [0.1, 0.15) is 68.1 Å². The number of esters is 1. The largest absolute Gasteiger partial charge is 0.452 e. The zero-order chi connectivity index (χ0) is 21.1. The van der Waals surface area contributed by atoms with Gasteiger partial charge in [-0.1, -0.05) is 39.0 Å². The molecule has 1 amide bonds. The van der Waals surface area contributed by atoms with E-state index in [0.717, 1.165) is 67.2 Å². The van der Waals surface area contributed by atoms with Crippen molar-refractivity contribution >= 4 is 22.8 Å². The van der Waals surface area contributed by atoms with E-state index in [4.69, 9.17) is 9.72 Å². The molecule has 1 aliphatic heterocycles. The van der Waals surface area contributed by atoms with E-state index < -0.39 is 5.97 Å². The van der Waals surface area contributed by atoms with Gasteiger partial charge in [-0.25, -0.2) is 4.79 Å². The van der Waals surface area contributed by atoms with Crippen LogP contribution in [0, 0.1) is 10.8 Å². The first-order chi connectivity index (χ1) is 14.2. The van der Waals surface area contributed by atoms with Crippen LogP contribution in [0.2, 0.25) is 0 Å². The van der Waals surface area contributed by atoms with Crippen LogP contribution in [0.25, 0.3) is 10.9 Å². The Morgan fingerprint density at radius 3 is 2.80 bits per heavy atom. The summed E-state index contributed by atoms with van der Waals surface area (Å²) >= 11 is 0. The van der Waals surface area contributed by atoms with Crippen LogP contribution in [-0.2, 0) is 22.4 Å². The maximum absolute atomic E-state index is 13.1. The van der Waals surface area contributed by atoms with Crippen molar-refractivity contribution in [3.8, 4) is 0 Å². The molecule has 5 heteroatoms. The number of carbonyl (C=O) groups is 2. The lowest BCUT2D eigenvalue weighted by molar-refractivity contribution is -0.135. The third-order valence-electron chi connectivity index (χ3n) is 7.19. The molecule has 3 aliphatic rings. The number of fused-ring (bicyclic) bond motifs is 4. The van der Waals surface area contributed by atoms with Gasteiger partial charge in [0.2, 0.25) is 0 Å². The van der Waals surface area contributed by atoms with Crippen molar-refractivity contribution in [2.75, 3.05) is 13.2 Å². The highest BCUT2D eigenvalue weighted by Gasteiger charge is 2.51. The number of hydrogen-bond acceptors (Lipinski definition) is 4. The van der Waals surface area contributed by atoms with Gasteiger partial charge in [-0.05, 0) is 61.0 Å². The topological polar surface area (TPSA) is 59.5 Å². The van der Waals surface area contributed by atoms with Gasteiger partial charge in [0.25, 0.3) is 5.91 Å². The predicted molar refractivity (Wildman–Crippen MR) is 115 cm³/mol. The van der Waals surface area contributed by atoms with Gasteiger partial charge in [0.05, 0.1) is 11.1 Å². The van der Waals surface area contributed by atoms with Gasteiger partial charge in [0, 0.05) is 23.7 Å². The summed E-state index contributed by atoms with van der Waals surface area (Å²) in [6, 6.07) is 7.97. The Morgan fingerprint density at radius 2 is 1.97 bits per heavy atom. The summed E-state index contributed by atoms with van der Waals surface area (Å²) in [5.41, 5.74) is 3.84. The number of para-hydroxylation sites is 1. The number of pyridine rings is 1. The zero-order valence-electron chi connectivity index (χ0n) is 18.2. The molecule has 0 radical (unpaired) electrons. The van der Waals surface area contributed by atoms with Crippen LogP contribution in [0.15, 0.2) is 24.3 Å². The van der Waals surface area contributed by atoms with Crippen molar-refractivity contribution in [2.24, 2.45) is 10.8 Å². The fraction of sp³-hybridized carbons (Fsp3) is 0.560. The maximum atomic E-state index is 13.1. The van der Waals surface area contributed by atoms with Crippen LogP contribution >= 0.6 is 0 Å². The fourth-order valence-electron chi connectivity index (χ4n) is 6.48. The van der Waals surface area contributed by atoms with E-state index in [2.05, 4.69) is 20.8 Å². The summed E-state index contributed by atoms with van der Waals surface area (Å²) in [5, 5.41) is 0.821. The van der Waals surface area contributed by atoms with Gasteiger partial charge >= 0.3 is 5.97 Å². The Bertz CT molecular complexity index is 1040. The first kappa shape index (κ1) is 19.5. The Balaban J connectivity index is 1.35. The molecule has 2 atom stereocenters. The SMILES string of the molecule is CC1(C)CC2CC(C)(CN2C(=O)COC(=O)c2c3c(nc4ccccc24)CCC3)C1. The summed E-state index contributed by atoms with van der Waals surface area (Å²) in [6.07, 6.45) is 5.94. The minimum atomic E-state index is -0.395. The first-order valence-electron chi connectivity index (χ1n) is 11.1. The second-order valence-electron chi connectivity index (χ2n) is 10.6. The van der Waals surface area contributed by atoms with Crippen molar-refractivity contribution in [3.05, 3.63) is 41.1 Å². The zero-order valence-corrected chi connectivity index (χ0v) is 18.2. The average Bonchev–Trinajstić information content (AvgIpc) is 3.24. The molecule has 2 fully saturated rings. The number of aryl methyl sites for hydroxylation is 1. The lowest BCUT2D eigenvalue weighted by atomic mass is 9.65. The summed E-state index contributed by atoms with van der Waals surface area (Å²) in [7, 11) is 0. The summed E-state index contributed by atoms with van der Waals surface area (Å²) in [6.45, 7) is 7.45. The van der Waals surface area contributed by atoms with E-state index in [9.17, 15) is 9.59 Å². The van der Waals surface area contributed by atoms with Crippen molar-refractivity contribution in [1.29, 1.82) is 0 Å². The first-order valence-corrected chi connectivity index (χ1v) is 11.1. The monoisotopic (exact) mass is 406 g/mol. The lowest BCUT2D eigenvalue weighted by Gasteiger charge is -2.39. The number of nitrogens with zero attached hydrogens (tertiary/aromatic N) is 2. The number of rotatable bonds is 3. The number of amides is 1. The summed E-state index contributed by atoms with van der Waals surface area (Å²) in [5.74, 6) is -0.460. The minimum absolute atomic E-state index is 0.0650. The molecule has 2 unspecified atom stereocenters. The van der Waals surface area contributed by atoms with Gasteiger partial charge in [-0.3, -0.25) is 9.78 Å². The van der Waals surface area contributed by atoms with Crippen LogP contribution in [0.5, 0.6) is 0 Å². The second-order valence-corrected chi connectivity index (χ2v) is 10.6. The Labute approximate surface area is 177 Å². The molecule has 0 N–H and O–H groups in total. The average molecular weight is 407 g/mol. The van der Waals surface area contributed by atoms with Crippen molar-refractivity contribution in [1.82, 2.24) is 9.88 Å². The van der Waals surface area contributed by atoms with Gasteiger partial charge in [-0.2, -0.15) is 0 Å². The Morgan fingerprint density at radius 1 is 1.17 bits per heavy atom. The van der Waals surface area contributed by atoms with Gasteiger partial charge in [0.1, 0.15) is 0 Å². The number of aromatic nitrogens is 1. The van der Waals surface area contributed by atoms with Crippen LogP contribution in [-0.4, -0.2) is 41.0 Å². The normalized spacial score (nSPS) is 26.6. The van der Waals surface area contributed by atoms with Gasteiger partial charge in [0.15, 0.2) is 6.61 Å². The van der Waals surface area contributed by atoms with Crippen molar-refractivity contribution in [3.63, 3.8) is 0 Å². The van der Waals surface area contributed by atoms with E-state index in [1.807, 2.05) is 29.2 Å². The van der Waals surface area contributed by atoms with Crippen LogP contribution in [0.3, 0.4) is 0 Å². The van der Waals surface area contributed by atoms with Crippen LogP contribution < -0.4 is 0 Å². The lowest BCUT2D eigenvalue weighted by Crippen LogP contribution is -2.39. The number of hydrogen-bond donors (Lipinski definition) is 0. The predicted octanol–water partition coefficient (Wildman–Crippen LogP) is 4.31. The fourth-order valence-corrected chi connectivity index (χ4v) is 6.48. The highest BCUT2D eigenvalue weighted by Crippen LogP contribution is 2.52. The summed E-state index contributed by atoms with van der Waals surface area (Å²) < 4.78 is 5.61. The molecule has 1 aromatic carbocycles. The minimum Gasteiger partial charge on any atom is -0.452 e. The molecule has 30 heavy (non-hydrogen) atoms. The number of likely N-dealkylation sites (tertiary alicyclic amines) is 1. The molecule has 1 saturated heterocycles. The van der Waals surface area contributed by atoms with Crippen LogP contribution in [0.4, 0.5) is 0 Å². The molecule has 1 saturated carbocycles. The molecule has 158 valence electrons. The van der Waals surface area contributed by atoms with Crippen molar-refractivity contribution in [2.45, 2.75) is 65.3 Å². The van der Waals surface area contributed by atoms with Crippen molar-refractivity contribution < 1.29 is 14.3 Å². The van der Waals surface area contributed by atoms with E-state index in [-0.39, 0.29) is 29.4 Å².